The van der Waals surface area contributed by atoms with Crippen LogP contribution >= 0.6 is 0 Å². The molecule has 0 aliphatic rings. The number of carbonyl (C=O) groups is 1. The molecule has 0 fully saturated rings. The largest absolute Gasteiger partial charge is 0.355 e. The van der Waals surface area contributed by atoms with E-state index in [2.05, 4.69) is 71.4 Å². The second-order valence-corrected chi connectivity index (χ2v) is 8.81. The average Bonchev–Trinajstić information content (AvgIpc) is 3.28. The number of nitrogens with zero attached hydrogens (tertiary/aromatic N) is 2. The molecule has 35 heavy (non-hydrogen) atoms. The fourth-order valence-corrected chi connectivity index (χ4v) is 4.59. The molecule has 1 amide bonds. The van der Waals surface area contributed by atoms with Crippen LogP contribution in [-0.4, -0.2) is 22.0 Å². The van der Waals surface area contributed by atoms with Gasteiger partial charge in [0.05, 0.1) is 23.5 Å². The Kier molecular flexibility index (Phi) is 6.71. The molecule has 0 saturated carbocycles. The Morgan fingerprint density at radius 3 is 2.17 bits per heavy atom. The molecule has 0 aliphatic heterocycles. The van der Waals surface area contributed by atoms with Crippen LogP contribution in [0.5, 0.6) is 0 Å². The lowest BCUT2D eigenvalue weighted by molar-refractivity contribution is -0.120. The van der Waals surface area contributed by atoms with Gasteiger partial charge in [-0.15, -0.1) is 0 Å². The quantitative estimate of drug-likeness (QED) is 0.300. The van der Waals surface area contributed by atoms with Gasteiger partial charge in [-0.05, 0) is 41.3 Å². The Bertz CT molecular complexity index is 1410. The van der Waals surface area contributed by atoms with Crippen LogP contribution in [0.2, 0.25) is 0 Å². The highest BCUT2D eigenvalue weighted by molar-refractivity contribution is 5.79. The molecule has 4 aromatic carbocycles. The molecule has 0 aliphatic carbocycles. The Morgan fingerprint density at radius 1 is 0.800 bits per heavy atom. The van der Waals surface area contributed by atoms with Gasteiger partial charge in [-0.1, -0.05) is 97.1 Å². The standard InChI is InChI=1S/C31H29N3O/c1-23(25-10-4-2-5-11-25)34-29-15-9-8-14-28(29)33-30(34)20-21-32-31(35)22-24-16-18-27(19-17-24)26-12-6-3-7-13-26/h2-19,23H,20-22H2,1H3,(H,32,35). The Hall–Kier alpha value is -4.18. The van der Waals surface area contributed by atoms with Gasteiger partial charge in [-0.25, -0.2) is 4.98 Å². The molecule has 0 radical (unpaired) electrons. The van der Waals surface area contributed by atoms with E-state index in [1.165, 1.54) is 11.1 Å². The normalized spacial score (nSPS) is 11.9. The number of hydrogen-bond acceptors (Lipinski definition) is 2. The molecule has 1 N–H and O–H groups in total. The van der Waals surface area contributed by atoms with Crippen molar-refractivity contribution in [3.05, 3.63) is 126 Å². The van der Waals surface area contributed by atoms with E-state index in [4.69, 9.17) is 4.98 Å². The van der Waals surface area contributed by atoms with Crippen LogP contribution in [0.3, 0.4) is 0 Å². The van der Waals surface area contributed by atoms with E-state index in [9.17, 15) is 4.79 Å². The average molecular weight is 460 g/mol. The summed E-state index contributed by atoms with van der Waals surface area (Å²) in [5.41, 5.74) is 6.67. The van der Waals surface area contributed by atoms with Crippen LogP contribution in [0.4, 0.5) is 0 Å². The number of nitrogens with one attached hydrogen (secondary N) is 1. The molecule has 1 atom stereocenters. The van der Waals surface area contributed by atoms with Crippen molar-refractivity contribution >= 4 is 16.9 Å². The van der Waals surface area contributed by atoms with Gasteiger partial charge in [0.15, 0.2) is 0 Å². The molecule has 4 heteroatoms. The van der Waals surface area contributed by atoms with E-state index in [0.717, 1.165) is 28.0 Å². The van der Waals surface area contributed by atoms with E-state index in [1.807, 2.05) is 54.6 Å². The maximum absolute atomic E-state index is 12.6. The van der Waals surface area contributed by atoms with Crippen molar-refractivity contribution in [2.24, 2.45) is 0 Å². The first-order chi connectivity index (χ1) is 17.2. The molecular weight excluding hydrogens is 430 g/mol. The van der Waals surface area contributed by atoms with Gasteiger partial charge < -0.3 is 9.88 Å². The van der Waals surface area contributed by atoms with Crippen molar-refractivity contribution in [1.82, 2.24) is 14.9 Å². The minimum Gasteiger partial charge on any atom is -0.355 e. The third-order valence-electron chi connectivity index (χ3n) is 6.43. The number of benzene rings is 4. The number of aromatic nitrogens is 2. The predicted octanol–water partition coefficient (Wildman–Crippen LogP) is 6.21. The monoisotopic (exact) mass is 459 g/mol. The molecule has 1 unspecified atom stereocenters. The molecule has 4 nitrogen and oxygen atoms in total. The smallest absolute Gasteiger partial charge is 0.224 e. The summed E-state index contributed by atoms with van der Waals surface area (Å²) in [5, 5.41) is 3.08. The van der Waals surface area contributed by atoms with Gasteiger partial charge >= 0.3 is 0 Å². The minimum absolute atomic E-state index is 0.0243. The molecule has 0 spiro atoms. The Morgan fingerprint density at radius 2 is 1.43 bits per heavy atom. The fourth-order valence-electron chi connectivity index (χ4n) is 4.59. The summed E-state index contributed by atoms with van der Waals surface area (Å²) >= 11 is 0. The lowest BCUT2D eigenvalue weighted by Crippen LogP contribution is -2.28. The van der Waals surface area contributed by atoms with E-state index in [0.29, 0.717) is 19.4 Å². The second-order valence-electron chi connectivity index (χ2n) is 8.81. The first kappa shape index (κ1) is 22.6. The van der Waals surface area contributed by atoms with Gasteiger partial charge in [0.2, 0.25) is 5.91 Å². The number of imidazole rings is 1. The maximum atomic E-state index is 12.6. The molecule has 1 aromatic heterocycles. The summed E-state index contributed by atoms with van der Waals surface area (Å²) in [6, 6.07) is 37.3. The zero-order valence-electron chi connectivity index (χ0n) is 19.9. The van der Waals surface area contributed by atoms with Gasteiger partial charge in [-0.2, -0.15) is 0 Å². The lowest BCUT2D eigenvalue weighted by atomic mass is 10.0. The molecule has 174 valence electrons. The van der Waals surface area contributed by atoms with Crippen molar-refractivity contribution in [3.8, 4) is 11.1 Å². The second kappa shape index (κ2) is 10.4. The number of amides is 1. The summed E-state index contributed by atoms with van der Waals surface area (Å²) in [7, 11) is 0. The van der Waals surface area contributed by atoms with Crippen LogP contribution in [0.25, 0.3) is 22.2 Å². The first-order valence-corrected chi connectivity index (χ1v) is 12.1. The van der Waals surface area contributed by atoms with Crippen LogP contribution in [0.1, 0.15) is 29.9 Å². The summed E-state index contributed by atoms with van der Waals surface area (Å²) in [6.45, 7) is 2.75. The number of para-hydroxylation sites is 2. The van der Waals surface area contributed by atoms with Gasteiger partial charge in [0.1, 0.15) is 5.82 Å². The van der Waals surface area contributed by atoms with Crippen LogP contribution in [0.15, 0.2) is 109 Å². The van der Waals surface area contributed by atoms with Crippen molar-refractivity contribution < 1.29 is 4.79 Å². The third kappa shape index (κ3) is 5.17. The summed E-state index contributed by atoms with van der Waals surface area (Å²) in [6.07, 6.45) is 1.04. The molecule has 0 saturated heterocycles. The van der Waals surface area contributed by atoms with Crippen molar-refractivity contribution in [2.45, 2.75) is 25.8 Å². The SMILES string of the molecule is CC(c1ccccc1)n1c(CCNC(=O)Cc2ccc(-c3ccccc3)cc2)nc2ccccc21. The third-order valence-corrected chi connectivity index (χ3v) is 6.43. The van der Waals surface area contributed by atoms with Crippen molar-refractivity contribution in [1.29, 1.82) is 0 Å². The highest BCUT2D eigenvalue weighted by Gasteiger charge is 2.17. The van der Waals surface area contributed by atoms with E-state index >= 15 is 0 Å². The van der Waals surface area contributed by atoms with Crippen LogP contribution in [0, 0.1) is 0 Å². The van der Waals surface area contributed by atoms with E-state index in [1.54, 1.807) is 0 Å². The van der Waals surface area contributed by atoms with Crippen molar-refractivity contribution in [2.75, 3.05) is 6.54 Å². The summed E-state index contributed by atoms with van der Waals surface area (Å²) in [5.74, 6) is 1.01. The van der Waals surface area contributed by atoms with Crippen molar-refractivity contribution in [3.63, 3.8) is 0 Å². The van der Waals surface area contributed by atoms with E-state index in [-0.39, 0.29) is 11.9 Å². The maximum Gasteiger partial charge on any atom is 0.224 e. The number of carbonyl (C=O) groups excluding carboxylic acids is 1. The zero-order chi connectivity index (χ0) is 24.0. The predicted molar refractivity (Wildman–Crippen MR) is 142 cm³/mol. The molecule has 0 bridgehead atoms. The van der Waals surface area contributed by atoms with Crippen LogP contribution < -0.4 is 5.32 Å². The first-order valence-electron chi connectivity index (χ1n) is 12.1. The summed E-state index contributed by atoms with van der Waals surface area (Å²) < 4.78 is 2.29. The zero-order valence-corrected chi connectivity index (χ0v) is 19.9. The molecular formula is C31H29N3O. The molecule has 5 aromatic rings. The summed E-state index contributed by atoms with van der Waals surface area (Å²) in [4.78, 5) is 17.5. The fraction of sp³-hybridized carbons (Fsp3) is 0.161. The Labute approximate surface area is 206 Å². The number of hydrogen-bond donors (Lipinski definition) is 1. The van der Waals surface area contributed by atoms with Crippen LogP contribution in [-0.2, 0) is 17.6 Å². The number of fused-ring (bicyclic) bond motifs is 1. The Balaban J connectivity index is 1.24. The van der Waals surface area contributed by atoms with Gasteiger partial charge in [-0.3, -0.25) is 4.79 Å². The molecule has 5 rings (SSSR count). The highest BCUT2D eigenvalue weighted by atomic mass is 16.1. The highest BCUT2D eigenvalue weighted by Crippen LogP contribution is 2.26. The van der Waals surface area contributed by atoms with E-state index < -0.39 is 0 Å². The molecule has 1 heterocycles. The topological polar surface area (TPSA) is 46.9 Å². The van der Waals surface area contributed by atoms with Gasteiger partial charge in [0, 0.05) is 13.0 Å². The van der Waals surface area contributed by atoms with Gasteiger partial charge in [0.25, 0.3) is 0 Å². The lowest BCUT2D eigenvalue weighted by Gasteiger charge is -2.18. The minimum atomic E-state index is 0.0243. The number of rotatable bonds is 8.